The van der Waals surface area contributed by atoms with Crippen LogP contribution in [-0.4, -0.2) is 6.54 Å². The molecule has 0 saturated carbocycles. The van der Waals surface area contributed by atoms with E-state index in [9.17, 15) is 0 Å². The molecule has 1 aromatic rings. The molecule has 1 aromatic heterocycles. The average molecular weight is 181 g/mol. The highest BCUT2D eigenvalue weighted by molar-refractivity contribution is 7.10. The molecule has 1 aliphatic rings. The van der Waals surface area contributed by atoms with Crippen molar-refractivity contribution in [3.8, 4) is 0 Å². The molecule has 1 N–H and O–H groups in total. The molecular weight excluding hydrogens is 166 g/mol. The van der Waals surface area contributed by atoms with Crippen LogP contribution >= 0.6 is 11.3 Å². The van der Waals surface area contributed by atoms with Crippen LogP contribution in [0, 0.1) is 6.92 Å². The lowest BCUT2D eigenvalue weighted by atomic mass is 10.0. The van der Waals surface area contributed by atoms with Crippen molar-refractivity contribution >= 4 is 11.3 Å². The smallest absolute Gasteiger partial charge is 0.0417 e. The Morgan fingerprint density at radius 2 is 2.42 bits per heavy atom. The second-order valence-corrected chi connectivity index (χ2v) is 4.42. The van der Waals surface area contributed by atoms with Crippen molar-refractivity contribution in [2.24, 2.45) is 0 Å². The second kappa shape index (κ2) is 3.58. The molecule has 1 atom stereocenters. The minimum Gasteiger partial charge on any atom is -0.309 e. The van der Waals surface area contributed by atoms with Gasteiger partial charge in [0, 0.05) is 10.9 Å². The van der Waals surface area contributed by atoms with Crippen LogP contribution in [-0.2, 0) is 0 Å². The maximum atomic E-state index is 3.57. The summed E-state index contributed by atoms with van der Waals surface area (Å²) in [4.78, 5) is 1.55. The summed E-state index contributed by atoms with van der Waals surface area (Å²) >= 11 is 1.89. The number of rotatable bonds is 1. The lowest BCUT2D eigenvalue weighted by molar-refractivity contribution is 0.416. The van der Waals surface area contributed by atoms with E-state index in [4.69, 9.17) is 0 Å². The summed E-state index contributed by atoms with van der Waals surface area (Å²) in [6.45, 7) is 3.41. The molecule has 0 aromatic carbocycles. The summed E-state index contributed by atoms with van der Waals surface area (Å²) in [5.41, 5.74) is 1.46. The van der Waals surface area contributed by atoms with E-state index in [0.29, 0.717) is 6.04 Å². The summed E-state index contributed by atoms with van der Waals surface area (Å²) in [5, 5.41) is 5.77. The largest absolute Gasteiger partial charge is 0.309 e. The third-order valence-corrected chi connectivity index (χ3v) is 3.66. The highest BCUT2D eigenvalue weighted by Gasteiger charge is 2.16. The lowest BCUT2D eigenvalue weighted by Gasteiger charge is -2.23. The molecule has 1 unspecified atom stereocenters. The molecule has 2 rings (SSSR count). The molecule has 66 valence electrons. The Morgan fingerprint density at radius 3 is 3.00 bits per heavy atom. The molecule has 1 aliphatic heterocycles. The monoisotopic (exact) mass is 181 g/mol. The first-order valence-electron chi connectivity index (χ1n) is 4.65. The van der Waals surface area contributed by atoms with Gasteiger partial charge in [0.05, 0.1) is 0 Å². The molecule has 0 aliphatic carbocycles. The first-order valence-corrected chi connectivity index (χ1v) is 5.53. The lowest BCUT2D eigenvalue weighted by Crippen LogP contribution is -2.26. The molecule has 1 saturated heterocycles. The fourth-order valence-corrected chi connectivity index (χ4v) is 2.86. The van der Waals surface area contributed by atoms with Crippen molar-refractivity contribution in [3.63, 3.8) is 0 Å². The van der Waals surface area contributed by atoms with Crippen molar-refractivity contribution in [2.45, 2.75) is 32.2 Å². The Morgan fingerprint density at radius 1 is 1.50 bits per heavy atom. The SMILES string of the molecule is Cc1ccsc1C1CCCCN1. The summed E-state index contributed by atoms with van der Waals surface area (Å²) in [6, 6.07) is 2.87. The first-order chi connectivity index (χ1) is 5.88. The number of thiophene rings is 1. The maximum Gasteiger partial charge on any atom is 0.0417 e. The first kappa shape index (κ1) is 8.27. The van der Waals surface area contributed by atoms with Crippen LogP contribution in [0.3, 0.4) is 0 Å². The average Bonchev–Trinajstić information content (AvgIpc) is 2.53. The summed E-state index contributed by atoms with van der Waals surface area (Å²) in [5.74, 6) is 0. The van der Waals surface area contributed by atoms with E-state index in [-0.39, 0.29) is 0 Å². The zero-order chi connectivity index (χ0) is 8.39. The predicted molar refractivity (Wildman–Crippen MR) is 53.7 cm³/mol. The van der Waals surface area contributed by atoms with Gasteiger partial charge in [0.25, 0.3) is 0 Å². The zero-order valence-electron chi connectivity index (χ0n) is 7.47. The number of nitrogens with one attached hydrogen (secondary N) is 1. The van der Waals surface area contributed by atoms with Crippen molar-refractivity contribution in [1.82, 2.24) is 5.32 Å². The minimum absolute atomic E-state index is 0.652. The van der Waals surface area contributed by atoms with E-state index in [1.54, 1.807) is 4.88 Å². The Hall–Kier alpha value is -0.340. The third-order valence-electron chi connectivity index (χ3n) is 2.53. The van der Waals surface area contributed by atoms with Gasteiger partial charge in [0.1, 0.15) is 0 Å². The normalized spacial score (nSPS) is 24.2. The second-order valence-electron chi connectivity index (χ2n) is 3.47. The number of hydrogen-bond donors (Lipinski definition) is 1. The highest BCUT2D eigenvalue weighted by atomic mass is 32.1. The molecule has 1 nitrogen and oxygen atoms in total. The van der Waals surface area contributed by atoms with Crippen LogP contribution in [0.2, 0.25) is 0 Å². The quantitative estimate of drug-likeness (QED) is 0.702. The van der Waals surface area contributed by atoms with Crippen LogP contribution in [0.4, 0.5) is 0 Å². The molecule has 1 fully saturated rings. The van der Waals surface area contributed by atoms with Crippen molar-refractivity contribution in [2.75, 3.05) is 6.54 Å². The van der Waals surface area contributed by atoms with Crippen LogP contribution in [0.15, 0.2) is 11.4 Å². The standard InChI is InChI=1S/C10H15NS/c1-8-5-7-12-10(8)9-4-2-3-6-11-9/h5,7,9,11H,2-4,6H2,1H3. The Labute approximate surface area is 77.8 Å². The predicted octanol–water partition coefficient (Wildman–Crippen LogP) is 2.87. The van der Waals surface area contributed by atoms with Crippen LogP contribution in [0.1, 0.15) is 35.7 Å². The van der Waals surface area contributed by atoms with E-state index < -0.39 is 0 Å². The topological polar surface area (TPSA) is 12.0 Å². The van der Waals surface area contributed by atoms with E-state index in [1.165, 1.54) is 31.4 Å². The van der Waals surface area contributed by atoms with Crippen molar-refractivity contribution < 1.29 is 0 Å². The molecule has 0 spiro atoms. The molecule has 0 amide bonds. The molecular formula is C10H15NS. The number of hydrogen-bond acceptors (Lipinski definition) is 2. The Balaban J connectivity index is 2.13. The van der Waals surface area contributed by atoms with Gasteiger partial charge in [-0.25, -0.2) is 0 Å². The van der Waals surface area contributed by atoms with Crippen LogP contribution in [0.25, 0.3) is 0 Å². The zero-order valence-corrected chi connectivity index (χ0v) is 8.29. The van der Waals surface area contributed by atoms with Gasteiger partial charge < -0.3 is 5.32 Å². The Bertz CT molecular complexity index is 248. The highest BCUT2D eigenvalue weighted by Crippen LogP contribution is 2.29. The van der Waals surface area contributed by atoms with Crippen LogP contribution < -0.4 is 5.32 Å². The van der Waals surface area contributed by atoms with Crippen LogP contribution in [0.5, 0.6) is 0 Å². The fraction of sp³-hybridized carbons (Fsp3) is 0.600. The minimum atomic E-state index is 0.652. The van der Waals surface area contributed by atoms with Gasteiger partial charge >= 0.3 is 0 Å². The van der Waals surface area contributed by atoms with Crippen molar-refractivity contribution in [3.05, 3.63) is 21.9 Å². The maximum absolute atomic E-state index is 3.57. The van der Waals surface area contributed by atoms with E-state index in [0.717, 1.165) is 0 Å². The molecule has 12 heavy (non-hydrogen) atoms. The Kier molecular flexibility index (Phi) is 2.47. The molecule has 0 bridgehead atoms. The van der Waals surface area contributed by atoms with Gasteiger partial charge in [-0.1, -0.05) is 6.42 Å². The fourth-order valence-electron chi connectivity index (χ4n) is 1.82. The van der Waals surface area contributed by atoms with Gasteiger partial charge in [-0.15, -0.1) is 11.3 Å². The number of piperidine rings is 1. The van der Waals surface area contributed by atoms with Gasteiger partial charge in [0.15, 0.2) is 0 Å². The summed E-state index contributed by atoms with van der Waals surface area (Å²) < 4.78 is 0. The third kappa shape index (κ3) is 1.54. The van der Waals surface area contributed by atoms with E-state index in [1.807, 2.05) is 11.3 Å². The van der Waals surface area contributed by atoms with Crippen molar-refractivity contribution in [1.29, 1.82) is 0 Å². The molecule has 2 heteroatoms. The van der Waals surface area contributed by atoms with Gasteiger partial charge in [0.2, 0.25) is 0 Å². The number of aryl methyl sites for hydroxylation is 1. The molecule has 2 heterocycles. The molecule has 0 radical (unpaired) electrons. The summed E-state index contributed by atoms with van der Waals surface area (Å²) in [7, 11) is 0. The van der Waals surface area contributed by atoms with Gasteiger partial charge in [-0.3, -0.25) is 0 Å². The van der Waals surface area contributed by atoms with E-state index >= 15 is 0 Å². The van der Waals surface area contributed by atoms with E-state index in [2.05, 4.69) is 23.7 Å². The summed E-state index contributed by atoms with van der Waals surface area (Å²) in [6.07, 6.45) is 4.05. The van der Waals surface area contributed by atoms with Gasteiger partial charge in [-0.05, 0) is 43.3 Å². The van der Waals surface area contributed by atoms with Gasteiger partial charge in [-0.2, -0.15) is 0 Å².